The van der Waals surface area contributed by atoms with Crippen molar-refractivity contribution >= 4 is 17.5 Å². The Balaban J connectivity index is 2.24. The van der Waals surface area contributed by atoms with Gasteiger partial charge in [-0.25, -0.2) is 0 Å². The van der Waals surface area contributed by atoms with Crippen LogP contribution in [0.1, 0.15) is 44.6 Å². The van der Waals surface area contributed by atoms with Crippen molar-refractivity contribution in [2.75, 3.05) is 0 Å². The van der Waals surface area contributed by atoms with E-state index in [9.17, 15) is 4.79 Å². The summed E-state index contributed by atoms with van der Waals surface area (Å²) in [5.41, 5.74) is 5.60. The second-order valence-corrected chi connectivity index (χ2v) is 5.92. The van der Waals surface area contributed by atoms with Gasteiger partial charge in [0.15, 0.2) is 0 Å². The van der Waals surface area contributed by atoms with Crippen LogP contribution in [0.5, 0.6) is 0 Å². The first-order valence-corrected chi connectivity index (χ1v) is 7.24. The van der Waals surface area contributed by atoms with Crippen molar-refractivity contribution in [2.24, 2.45) is 5.73 Å². The lowest BCUT2D eigenvalue weighted by atomic mass is 9.87. The molecule has 0 heterocycles. The summed E-state index contributed by atoms with van der Waals surface area (Å²) in [6, 6.07) is 7.70. The van der Waals surface area contributed by atoms with E-state index in [1.165, 1.54) is 19.3 Å². The van der Waals surface area contributed by atoms with Gasteiger partial charge in [0.05, 0.1) is 0 Å². The zero-order valence-corrected chi connectivity index (χ0v) is 12.0. The van der Waals surface area contributed by atoms with E-state index >= 15 is 0 Å². The molecule has 1 aromatic carbocycles. The maximum absolute atomic E-state index is 11.9. The summed E-state index contributed by atoms with van der Waals surface area (Å²) >= 11 is 6.02. The van der Waals surface area contributed by atoms with Crippen LogP contribution < -0.4 is 11.1 Å². The predicted octanol–water partition coefficient (Wildman–Crippen LogP) is 2.96. The Labute approximate surface area is 119 Å². The third-order valence-corrected chi connectivity index (χ3v) is 4.23. The molecule has 3 N–H and O–H groups in total. The molecule has 104 valence electrons. The zero-order chi connectivity index (χ0) is 13.9. The monoisotopic (exact) mass is 280 g/mol. The van der Waals surface area contributed by atoms with Crippen LogP contribution >= 0.6 is 11.6 Å². The minimum absolute atomic E-state index is 0.352. The summed E-state index contributed by atoms with van der Waals surface area (Å²) in [6.45, 7) is 1.84. The lowest BCUT2D eigenvalue weighted by molar-refractivity contribution is -0.124. The maximum atomic E-state index is 11.9. The highest BCUT2D eigenvalue weighted by atomic mass is 35.5. The third-order valence-electron chi connectivity index (χ3n) is 3.99. The van der Waals surface area contributed by atoms with Crippen LogP contribution in [0.3, 0.4) is 0 Å². The topological polar surface area (TPSA) is 55.1 Å². The van der Waals surface area contributed by atoms with E-state index in [1.54, 1.807) is 6.07 Å². The van der Waals surface area contributed by atoms with Crippen molar-refractivity contribution in [3.63, 3.8) is 0 Å². The molecule has 0 saturated heterocycles. The maximum Gasteiger partial charge on any atom is 0.242 e. The molecule has 0 spiro atoms. The smallest absolute Gasteiger partial charge is 0.242 e. The molecule has 3 nitrogen and oxygen atoms in total. The van der Waals surface area contributed by atoms with E-state index in [2.05, 4.69) is 5.32 Å². The Morgan fingerprint density at radius 3 is 2.63 bits per heavy atom. The molecule has 1 atom stereocenters. The molecule has 1 unspecified atom stereocenters. The van der Waals surface area contributed by atoms with Crippen molar-refractivity contribution in [3.05, 3.63) is 34.9 Å². The highest BCUT2D eigenvalue weighted by molar-refractivity contribution is 6.30. The van der Waals surface area contributed by atoms with Crippen molar-refractivity contribution in [1.29, 1.82) is 0 Å². The number of carbonyl (C=O) groups excluding carboxylic acids is 1. The molecule has 1 aliphatic carbocycles. The Hall–Kier alpha value is -1.06. The normalized spacial score (nSPS) is 19.9. The molecule has 1 amide bonds. The summed E-state index contributed by atoms with van der Waals surface area (Å²) in [5.74, 6) is -0.361. The van der Waals surface area contributed by atoms with Crippen molar-refractivity contribution in [3.8, 4) is 0 Å². The molecule has 0 radical (unpaired) electrons. The molecule has 1 aliphatic rings. The Morgan fingerprint density at radius 2 is 2.05 bits per heavy atom. The molecular formula is C15H21ClN2O. The fourth-order valence-corrected chi connectivity index (χ4v) is 2.94. The lowest BCUT2D eigenvalue weighted by Crippen LogP contribution is -2.54. The molecule has 4 heteroatoms. The molecule has 2 rings (SSSR count). The minimum Gasteiger partial charge on any atom is -0.368 e. The van der Waals surface area contributed by atoms with E-state index in [4.69, 9.17) is 17.3 Å². The number of carbonyl (C=O) groups is 1. The fraction of sp³-hybridized carbons (Fsp3) is 0.533. The average Bonchev–Trinajstić information content (AvgIpc) is 2.39. The summed E-state index contributed by atoms with van der Waals surface area (Å²) in [5, 5.41) is 4.06. The van der Waals surface area contributed by atoms with Gasteiger partial charge in [0.2, 0.25) is 5.91 Å². The fourth-order valence-electron chi connectivity index (χ4n) is 2.75. The molecule has 0 aliphatic heterocycles. The van der Waals surface area contributed by atoms with Crippen LogP contribution in [0.4, 0.5) is 0 Å². The Bertz CT molecular complexity index is 457. The second kappa shape index (κ2) is 5.93. The number of hydrogen-bond acceptors (Lipinski definition) is 2. The van der Waals surface area contributed by atoms with Gasteiger partial charge >= 0.3 is 0 Å². The number of halogens is 1. The summed E-state index contributed by atoms with van der Waals surface area (Å²) in [7, 11) is 0. The number of nitrogens with one attached hydrogen (secondary N) is 1. The number of rotatable bonds is 4. The molecule has 0 bridgehead atoms. The van der Waals surface area contributed by atoms with Crippen LogP contribution in [0.25, 0.3) is 0 Å². The highest BCUT2D eigenvalue weighted by Crippen LogP contribution is 2.27. The molecular weight excluding hydrogens is 260 g/mol. The molecule has 0 aromatic heterocycles. The van der Waals surface area contributed by atoms with Gasteiger partial charge in [0.1, 0.15) is 5.54 Å². The number of benzene rings is 1. The minimum atomic E-state index is -0.854. The largest absolute Gasteiger partial charge is 0.368 e. The van der Waals surface area contributed by atoms with Gasteiger partial charge in [-0.05, 0) is 37.5 Å². The van der Waals surface area contributed by atoms with Crippen LogP contribution in [0.15, 0.2) is 24.3 Å². The second-order valence-electron chi connectivity index (χ2n) is 5.48. The molecule has 1 aromatic rings. The van der Waals surface area contributed by atoms with Crippen LogP contribution in [-0.2, 0) is 10.3 Å². The van der Waals surface area contributed by atoms with Crippen LogP contribution in [-0.4, -0.2) is 11.9 Å². The first kappa shape index (κ1) is 14.4. The zero-order valence-electron chi connectivity index (χ0n) is 11.3. The number of hydrogen-bond donors (Lipinski definition) is 2. The van der Waals surface area contributed by atoms with E-state index in [-0.39, 0.29) is 5.91 Å². The van der Waals surface area contributed by atoms with Gasteiger partial charge in [-0.3, -0.25) is 10.1 Å². The van der Waals surface area contributed by atoms with Gasteiger partial charge < -0.3 is 5.73 Å². The quantitative estimate of drug-likeness (QED) is 0.891. The lowest BCUT2D eigenvalue weighted by Gasteiger charge is -2.35. The first-order chi connectivity index (χ1) is 9.02. The molecule has 1 fully saturated rings. The summed E-state index contributed by atoms with van der Waals surface area (Å²) < 4.78 is 0. The van der Waals surface area contributed by atoms with E-state index in [1.807, 2.05) is 25.1 Å². The first-order valence-electron chi connectivity index (χ1n) is 6.86. The Kier molecular flexibility index (Phi) is 4.48. The van der Waals surface area contributed by atoms with Crippen molar-refractivity contribution < 1.29 is 4.79 Å². The summed E-state index contributed by atoms with van der Waals surface area (Å²) in [4.78, 5) is 11.9. The van der Waals surface area contributed by atoms with Crippen LogP contribution in [0, 0.1) is 0 Å². The van der Waals surface area contributed by atoms with Crippen molar-refractivity contribution in [1.82, 2.24) is 5.32 Å². The average molecular weight is 281 g/mol. The number of amides is 1. The van der Waals surface area contributed by atoms with Gasteiger partial charge in [-0.1, -0.05) is 43.0 Å². The van der Waals surface area contributed by atoms with E-state index in [0.29, 0.717) is 11.1 Å². The molecule has 1 saturated carbocycles. The number of primary amides is 1. The van der Waals surface area contributed by atoms with Gasteiger partial charge in [-0.15, -0.1) is 0 Å². The summed E-state index contributed by atoms with van der Waals surface area (Å²) in [6.07, 6.45) is 5.90. The van der Waals surface area contributed by atoms with Crippen LogP contribution in [0.2, 0.25) is 5.02 Å². The van der Waals surface area contributed by atoms with Gasteiger partial charge in [-0.2, -0.15) is 0 Å². The van der Waals surface area contributed by atoms with E-state index in [0.717, 1.165) is 18.4 Å². The van der Waals surface area contributed by atoms with Gasteiger partial charge in [0.25, 0.3) is 0 Å². The predicted molar refractivity (Wildman–Crippen MR) is 78.0 cm³/mol. The van der Waals surface area contributed by atoms with Crippen molar-refractivity contribution in [2.45, 2.75) is 50.6 Å². The van der Waals surface area contributed by atoms with E-state index < -0.39 is 5.54 Å². The third kappa shape index (κ3) is 3.28. The standard InChI is InChI=1S/C15H21ClN2O/c1-15(14(17)19,11-6-5-7-12(16)10-11)18-13-8-3-2-4-9-13/h5-7,10,13,18H,2-4,8-9H2,1H3,(H2,17,19). The Morgan fingerprint density at radius 1 is 1.37 bits per heavy atom. The molecule has 19 heavy (non-hydrogen) atoms. The SMILES string of the molecule is CC(NC1CCCCC1)(C(N)=O)c1cccc(Cl)c1. The highest BCUT2D eigenvalue weighted by Gasteiger charge is 2.35. The number of nitrogens with two attached hydrogens (primary N) is 1. The van der Waals surface area contributed by atoms with Gasteiger partial charge in [0, 0.05) is 11.1 Å².